The largest absolute Gasteiger partial charge is 0.319 e. The SMILES string of the molecule is O=C(Nc1ccccc1F)c1ccccc1Cc1ccccc1. The predicted molar refractivity (Wildman–Crippen MR) is 90.0 cm³/mol. The van der Waals surface area contributed by atoms with Crippen LogP contribution in [0.3, 0.4) is 0 Å². The molecule has 3 aromatic rings. The van der Waals surface area contributed by atoms with Crippen molar-refractivity contribution in [3.63, 3.8) is 0 Å². The number of hydrogen-bond acceptors (Lipinski definition) is 1. The molecule has 0 aliphatic carbocycles. The lowest BCUT2D eigenvalue weighted by Crippen LogP contribution is -2.15. The van der Waals surface area contributed by atoms with Gasteiger partial charge in [0, 0.05) is 5.56 Å². The van der Waals surface area contributed by atoms with E-state index in [4.69, 9.17) is 0 Å². The molecule has 3 aromatic carbocycles. The minimum Gasteiger partial charge on any atom is -0.319 e. The Morgan fingerprint density at radius 2 is 1.48 bits per heavy atom. The van der Waals surface area contributed by atoms with E-state index in [9.17, 15) is 9.18 Å². The molecule has 0 fully saturated rings. The van der Waals surface area contributed by atoms with Gasteiger partial charge in [-0.2, -0.15) is 0 Å². The molecular weight excluding hydrogens is 289 g/mol. The third-order valence-corrected chi connectivity index (χ3v) is 3.62. The van der Waals surface area contributed by atoms with Crippen LogP contribution in [-0.2, 0) is 6.42 Å². The molecule has 0 radical (unpaired) electrons. The second-order valence-electron chi connectivity index (χ2n) is 5.25. The number of amides is 1. The van der Waals surface area contributed by atoms with Crippen molar-refractivity contribution < 1.29 is 9.18 Å². The van der Waals surface area contributed by atoms with Crippen molar-refractivity contribution in [3.05, 3.63) is 101 Å². The van der Waals surface area contributed by atoms with E-state index in [1.54, 1.807) is 24.3 Å². The number of rotatable bonds is 4. The second kappa shape index (κ2) is 6.88. The van der Waals surface area contributed by atoms with Crippen molar-refractivity contribution in [2.24, 2.45) is 0 Å². The number of benzene rings is 3. The maximum atomic E-state index is 13.7. The Morgan fingerprint density at radius 3 is 2.26 bits per heavy atom. The molecule has 0 aliphatic heterocycles. The molecule has 0 bridgehead atoms. The number of hydrogen-bond donors (Lipinski definition) is 1. The Kier molecular flexibility index (Phi) is 4.48. The summed E-state index contributed by atoms with van der Waals surface area (Å²) >= 11 is 0. The van der Waals surface area contributed by atoms with Gasteiger partial charge in [-0.25, -0.2) is 4.39 Å². The van der Waals surface area contributed by atoms with Crippen LogP contribution in [0.1, 0.15) is 21.5 Å². The van der Waals surface area contributed by atoms with E-state index in [-0.39, 0.29) is 11.6 Å². The van der Waals surface area contributed by atoms with Crippen LogP contribution in [-0.4, -0.2) is 5.91 Å². The highest BCUT2D eigenvalue weighted by molar-refractivity contribution is 6.05. The minimum absolute atomic E-state index is 0.187. The lowest BCUT2D eigenvalue weighted by Gasteiger charge is -2.11. The normalized spacial score (nSPS) is 10.3. The van der Waals surface area contributed by atoms with Crippen molar-refractivity contribution in [2.75, 3.05) is 5.32 Å². The van der Waals surface area contributed by atoms with E-state index in [2.05, 4.69) is 5.32 Å². The van der Waals surface area contributed by atoms with Gasteiger partial charge in [0.25, 0.3) is 5.91 Å². The topological polar surface area (TPSA) is 29.1 Å². The van der Waals surface area contributed by atoms with Gasteiger partial charge < -0.3 is 5.32 Å². The molecule has 1 N–H and O–H groups in total. The Balaban J connectivity index is 1.85. The average Bonchev–Trinajstić information content (AvgIpc) is 2.58. The standard InChI is InChI=1S/C20H16FNO/c21-18-12-6-7-13-19(18)22-20(23)17-11-5-4-10-16(17)14-15-8-2-1-3-9-15/h1-13H,14H2,(H,22,23). The number of carbonyl (C=O) groups is 1. The maximum absolute atomic E-state index is 13.7. The van der Waals surface area contributed by atoms with E-state index < -0.39 is 5.82 Å². The quantitative estimate of drug-likeness (QED) is 0.745. The van der Waals surface area contributed by atoms with Crippen LogP contribution in [0.2, 0.25) is 0 Å². The molecule has 0 heterocycles. The van der Waals surface area contributed by atoms with Crippen LogP contribution >= 0.6 is 0 Å². The number of halogens is 1. The third kappa shape index (κ3) is 3.64. The molecule has 1 amide bonds. The van der Waals surface area contributed by atoms with E-state index in [0.717, 1.165) is 11.1 Å². The molecule has 0 saturated carbocycles. The first kappa shape index (κ1) is 15.0. The summed E-state index contributed by atoms with van der Waals surface area (Å²) in [5, 5.41) is 2.64. The van der Waals surface area contributed by atoms with Crippen molar-refractivity contribution >= 4 is 11.6 Å². The van der Waals surface area contributed by atoms with Gasteiger partial charge in [0.15, 0.2) is 0 Å². The Bertz CT molecular complexity index is 815. The second-order valence-corrected chi connectivity index (χ2v) is 5.25. The van der Waals surface area contributed by atoms with Gasteiger partial charge in [0.2, 0.25) is 0 Å². The summed E-state index contributed by atoms with van der Waals surface area (Å²) < 4.78 is 13.7. The van der Waals surface area contributed by atoms with E-state index >= 15 is 0 Å². The summed E-state index contributed by atoms with van der Waals surface area (Å²) in [6.45, 7) is 0. The molecule has 0 spiro atoms. The zero-order chi connectivity index (χ0) is 16.1. The molecule has 3 rings (SSSR count). The smallest absolute Gasteiger partial charge is 0.256 e. The summed E-state index contributed by atoms with van der Waals surface area (Å²) in [5.74, 6) is -0.747. The van der Waals surface area contributed by atoms with Gasteiger partial charge in [0.1, 0.15) is 5.82 Å². The van der Waals surface area contributed by atoms with Crippen LogP contribution in [0.25, 0.3) is 0 Å². The van der Waals surface area contributed by atoms with Gasteiger partial charge >= 0.3 is 0 Å². The number of carbonyl (C=O) groups excluding carboxylic acids is 1. The highest BCUT2D eigenvalue weighted by Gasteiger charge is 2.13. The minimum atomic E-state index is -0.443. The van der Waals surface area contributed by atoms with Crippen molar-refractivity contribution in [3.8, 4) is 0 Å². The number of nitrogens with one attached hydrogen (secondary N) is 1. The molecule has 0 aromatic heterocycles. The lowest BCUT2D eigenvalue weighted by atomic mass is 9.99. The lowest BCUT2D eigenvalue weighted by molar-refractivity contribution is 0.102. The summed E-state index contributed by atoms with van der Waals surface area (Å²) in [6.07, 6.45) is 0.654. The van der Waals surface area contributed by atoms with Crippen LogP contribution in [0, 0.1) is 5.82 Å². The molecule has 0 unspecified atom stereocenters. The van der Waals surface area contributed by atoms with Crippen LogP contribution < -0.4 is 5.32 Å². The Labute approximate surface area is 134 Å². The molecule has 0 saturated heterocycles. The fourth-order valence-corrected chi connectivity index (χ4v) is 2.46. The Morgan fingerprint density at radius 1 is 0.826 bits per heavy atom. The molecule has 2 nitrogen and oxygen atoms in total. The van der Waals surface area contributed by atoms with Crippen LogP contribution in [0.4, 0.5) is 10.1 Å². The van der Waals surface area contributed by atoms with Gasteiger partial charge in [-0.1, -0.05) is 60.7 Å². The summed E-state index contributed by atoms with van der Waals surface area (Å²) in [6, 6.07) is 23.5. The van der Waals surface area contributed by atoms with E-state index in [0.29, 0.717) is 12.0 Å². The van der Waals surface area contributed by atoms with Crippen LogP contribution in [0.15, 0.2) is 78.9 Å². The van der Waals surface area contributed by atoms with Gasteiger partial charge in [-0.3, -0.25) is 4.79 Å². The van der Waals surface area contributed by atoms with E-state index in [1.807, 2.05) is 48.5 Å². The van der Waals surface area contributed by atoms with Crippen molar-refractivity contribution in [1.29, 1.82) is 0 Å². The van der Waals surface area contributed by atoms with Gasteiger partial charge in [-0.15, -0.1) is 0 Å². The van der Waals surface area contributed by atoms with E-state index in [1.165, 1.54) is 6.07 Å². The third-order valence-electron chi connectivity index (χ3n) is 3.62. The first-order valence-corrected chi connectivity index (χ1v) is 7.42. The van der Waals surface area contributed by atoms with Crippen molar-refractivity contribution in [1.82, 2.24) is 0 Å². The first-order valence-electron chi connectivity index (χ1n) is 7.42. The maximum Gasteiger partial charge on any atom is 0.256 e. The molecular formula is C20H16FNO. The fourth-order valence-electron chi connectivity index (χ4n) is 2.46. The van der Waals surface area contributed by atoms with Gasteiger partial charge in [0.05, 0.1) is 5.69 Å². The molecule has 3 heteroatoms. The molecule has 0 aliphatic rings. The van der Waals surface area contributed by atoms with Gasteiger partial charge in [-0.05, 0) is 35.7 Å². The molecule has 114 valence electrons. The molecule has 23 heavy (non-hydrogen) atoms. The van der Waals surface area contributed by atoms with Crippen LogP contribution in [0.5, 0.6) is 0 Å². The highest BCUT2D eigenvalue weighted by atomic mass is 19.1. The fraction of sp³-hybridized carbons (Fsp3) is 0.0500. The monoisotopic (exact) mass is 305 g/mol. The highest BCUT2D eigenvalue weighted by Crippen LogP contribution is 2.18. The van der Waals surface area contributed by atoms with Crippen molar-refractivity contribution in [2.45, 2.75) is 6.42 Å². The predicted octanol–water partition coefficient (Wildman–Crippen LogP) is 4.67. The zero-order valence-corrected chi connectivity index (χ0v) is 12.5. The zero-order valence-electron chi connectivity index (χ0n) is 12.5. The Hall–Kier alpha value is -2.94. The number of para-hydroxylation sites is 1. The summed E-state index contributed by atoms with van der Waals surface area (Å²) in [7, 11) is 0. The first-order chi connectivity index (χ1) is 11.2. The summed E-state index contributed by atoms with van der Waals surface area (Å²) in [5.41, 5.74) is 2.78. The summed E-state index contributed by atoms with van der Waals surface area (Å²) in [4.78, 5) is 12.5. The molecule has 0 atom stereocenters. The average molecular weight is 305 g/mol. The number of anilines is 1.